The van der Waals surface area contributed by atoms with Gasteiger partial charge in [-0.1, -0.05) is 47.6 Å². The van der Waals surface area contributed by atoms with Crippen molar-refractivity contribution in [3.63, 3.8) is 0 Å². The summed E-state index contributed by atoms with van der Waals surface area (Å²) in [6, 6.07) is 21.3. The van der Waals surface area contributed by atoms with E-state index in [1.807, 2.05) is 66.7 Å². The average molecular weight is 318 g/mol. The quantitative estimate of drug-likeness (QED) is 0.425. The van der Waals surface area contributed by atoms with Gasteiger partial charge in [0.2, 0.25) is 0 Å². The second kappa shape index (κ2) is 7.92. The zero-order chi connectivity index (χ0) is 16.6. The zero-order valence-electron chi connectivity index (χ0n) is 13.2. The van der Waals surface area contributed by atoms with Crippen molar-refractivity contribution in [1.29, 1.82) is 0 Å². The molecule has 1 aromatic heterocycles. The van der Waals surface area contributed by atoms with E-state index in [1.54, 1.807) is 12.4 Å². The highest BCUT2D eigenvalue weighted by molar-refractivity contribution is 6.13. The molecule has 0 saturated carbocycles. The summed E-state index contributed by atoms with van der Waals surface area (Å²) < 4.78 is 5.77. The normalized spacial score (nSPS) is 11.2. The smallest absolute Gasteiger partial charge is 0.119 e. The first-order chi connectivity index (χ1) is 11.9. The monoisotopic (exact) mass is 318 g/mol. The standard InChI is InChI=1S/C20H18N2O2/c23-22-20(17-10-13-21-14-11-17)19-9-5-4-6-16(19)12-15-24-18-7-2-1-3-8-18/h1-11,13-14,23H,12,15H2. The molecule has 3 rings (SSSR count). The third kappa shape index (κ3) is 3.79. The van der Waals surface area contributed by atoms with Crippen LogP contribution in [0.5, 0.6) is 5.75 Å². The molecular weight excluding hydrogens is 300 g/mol. The number of ether oxygens (including phenoxy) is 1. The van der Waals surface area contributed by atoms with Gasteiger partial charge in [0, 0.05) is 29.9 Å². The van der Waals surface area contributed by atoms with Crippen molar-refractivity contribution in [2.24, 2.45) is 5.16 Å². The molecule has 0 unspecified atom stereocenters. The maximum absolute atomic E-state index is 9.50. The number of aromatic nitrogens is 1. The Hall–Kier alpha value is -3.14. The second-order valence-corrected chi connectivity index (χ2v) is 5.25. The maximum Gasteiger partial charge on any atom is 0.119 e. The predicted octanol–water partition coefficient (Wildman–Crippen LogP) is 3.93. The minimum Gasteiger partial charge on any atom is -0.493 e. The first-order valence-electron chi connectivity index (χ1n) is 7.77. The fraction of sp³-hybridized carbons (Fsp3) is 0.100. The summed E-state index contributed by atoms with van der Waals surface area (Å²) >= 11 is 0. The molecule has 2 aromatic carbocycles. The SMILES string of the molecule is ON=C(c1ccncc1)c1ccccc1CCOc1ccccc1. The Morgan fingerprint density at radius 1 is 0.917 bits per heavy atom. The number of pyridine rings is 1. The van der Waals surface area contributed by atoms with Crippen LogP contribution in [0.25, 0.3) is 0 Å². The van der Waals surface area contributed by atoms with Crippen molar-refractivity contribution in [2.75, 3.05) is 6.61 Å². The van der Waals surface area contributed by atoms with Crippen LogP contribution in [-0.2, 0) is 6.42 Å². The molecule has 0 spiro atoms. The molecule has 3 aromatic rings. The van der Waals surface area contributed by atoms with E-state index in [9.17, 15) is 5.21 Å². The largest absolute Gasteiger partial charge is 0.493 e. The Bertz CT molecular complexity index is 802. The van der Waals surface area contributed by atoms with Crippen LogP contribution >= 0.6 is 0 Å². The highest BCUT2D eigenvalue weighted by Gasteiger charge is 2.12. The zero-order valence-corrected chi connectivity index (χ0v) is 13.2. The van der Waals surface area contributed by atoms with Crippen LogP contribution in [0.15, 0.2) is 84.3 Å². The van der Waals surface area contributed by atoms with Crippen LogP contribution in [0.4, 0.5) is 0 Å². The van der Waals surface area contributed by atoms with Gasteiger partial charge in [-0.2, -0.15) is 0 Å². The van der Waals surface area contributed by atoms with Crippen LogP contribution < -0.4 is 4.74 Å². The molecule has 120 valence electrons. The summed E-state index contributed by atoms with van der Waals surface area (Å²) in [5.41, 5.74) is 3.32. The van der Waals surface area contributed by atoms with Gasteiger partial charge < -0.3 is 9.94 Å². The lowest BCUT2D eigenvalue weighted by molar-refractivity contribution is 0.318. The molecule has 0 aliphatic carbocycles. The third-order valence-corrected chi connectivity index (χ3v) is 3.71. The molecule has 0 saturated heterocycles. The number of hydrogen-bond donors (Lipinski definition) is 1. The van der Waals surface area contributed by atoms with Crippen molar-refractivity contribution in [2.45, 2.75) is 6.42 Å². The number of benzene rings is 2. The first-order valence-corrected chi connectivity index (χ1v) is 7.77. The third-order valence-electron chi connectivity index (χ3n) is 3.71. The molecule has 24 heavy (non-hydrogen) atoms. The Kier molecular flexibility index (Phi) is 5.20. The number of nitrogens with zero attached hydrogens (tertiary/aromatic N) is 2. The molecule has 4 heteroatoms. The van der Waals surface area contributed by atoms with Crippen LogP contribution in [0.3, 0.4) is 0 Å². The van der Waals surface area contributed by atoms with E-state index in [1.165, 1.54) is 0 Å². The molecule has 4 nitrogen and oxygen atoms in total. The minimum atomic E-state index is 0.535. The number of rotatable bonds is 6. The Balaban J connectivity index is 1.78. The Morgan fingerprint density at radius 3 is 2.38 bits per heavy atom. The first kappa shape index (κ1) is 15.7. The summed E-state index contributed by atoms with van der Waals surface area (Å²) in [6.45, 7) is 0.552. The van der Waals surface area contributed by atoms with Gasteiger partial charge in [-0.3, -0.25) is 4.98 Å². The fourth-order valence-electron chi connectivity index (χ4n) is 2.54. The fourth-order valence-corrected chi connectivity index (χ4v) is 2.54. The van der Waals surface area contributed by atoms with Gasteiger partial charge in [-0.15, -0.1) is 0 Å². The van der Waals surface area contributed by atoms with Gasteiger partial charge >= 0.3 is 0 Å². The van der Waals surface area contributed by atoms with E-state index in [0.717, 1.165) is 28.9 Å². The molecule has 0 amide bonds. The van der Waals surface area contributed by atoms with Crippen LogP contribution in [0.2, 0.25) is 0 Å². The lowest BCUT2D eigenvalue weighted by atomic mass is 9.96. The van der Waals surface area contributed by atoms with Crippen LogP contribution in [0.1, 0.15) is 16.7 Å². The average Bonchev–Trinajstić information content (AvgIpc) is 2.65. The number of oxime groups is 1. The van der Waals surface area contributed by atoms with Gasteiger partial charge in [0.05, 0.1) is 6.61 Å². The highest BCUT2D eigenvalue weighted by atomic mass is 16.5. The lowest BCUT2D eigenvalue weighted by Crippen LogP contribution is -2.10. The Morgan fingerprint density at radius 2 is 1.62 bits per heavy atom. The minimum absolute atomic E-state index is 0.535. The van der Waals surface area contributed by atoms with Crippen LogP contribution in [0, 0.1) is 0 Å². The molecular formula is C20H18N2O2. The summed E-state index contributed by atoms with van der Waals surface area (Å²) in [6.07, 6.45) is 4.08. The molecule has 0 aliphatic heterocycles. The summed E-state index contributed by atoms with van der Waals surface area (Å²) in [5, 5.41) is 13.0. The van der Waals surface area contributed by atoms with E-state index in [4.69, 9.17) is 4.74 Å². The van der Waals surface area contributed by atoms with Gasteiger partial charge in [0.1, 0.15) is 11.5 Å². The van der Waals surface area contributed by atoms with Crippen LogP contribution in [-0.4, -0.2) is 22.5 Å². The van der Waals surface area contributed by atoms with Gasteiger partial charge in [0.15, 0.2) is 0 Å². The number of hydrogen-bond acceptors (Lipinski definition) is 4. The highest BCUT2D eigenvalue weighted by Crippen LogP contribution is 2.17. The molecule has 0 aliphatic rings. The topological polar surface area (TPSA) is 54.7 Å². The van der Waals surface area contributed by atoms with Crippen molar-refractivity contribution in [3.05, 3.63) is 95.8 Å². The molecule has 1 heterocycles. The van der Waals surface area contributed by atoms with E-state index in [-0.39, 0.29) is 0 Å². The van der Waals surface area contributed by atoms with Gasteiger partial charge in [-0.05, 0) is 29.8 Å². The molecule has 1 N–H and O–H groups in total. The molecule has 0 fully saturated rings. The number of para-hydroxylation sites is 1. The van der Waals surface area contributed by atoms with Crippen molar-refractivity contribution in [1.82, 2.24) is 4.98 Å². The van der Waals surface area contributed by atoms with E-state index < -0.39 is 0 Å². The van der Waals surface area contributed by atoms with Gasteiger partial charge in [-0.25, -0.2) is 0 Å². The van der Waals surface area contributed by atoms with Crippen molar-refractivity contribution < 1.29 is 9.94 Å². The summed E-state index contributed by atoms with van der Waals surface area (Å²) in [4.78, 5) is 4.00. The van der Waals surface area contributed by atoms with E-state index >= 15 is 0 Å². The summed E-state index contributed by atoms with van der Waals surface area (Å²) in [7, 11) is 0. The maximum atomic E-state index is 9.50. The Labute approximate surface area is 141 Å². The molecule has 0 radical (unpaired) electrons. The molecule has 0 atom stereocenters. The van der Waals surface area contributed by atoms with Crippen molar-refractivity contribution in [3.8, 4) is 5.75 Å². The van der Waals surface area contributed by atoms with Gasteiger partial charge in [0.25, 0.3) is 0 Å². The predicted molar refractivity (Wildman–Crippen MR) is 93.7 cm³/mol. The van der Waals surface area contributed by atoms with E-state index in [2.05, 4.69) is 10.1 Å². The second-order valence-electron chi connectivity index (χ2n) is 5.25. The lowest BCUT2D eigenvalue weighted by Gasteiger charge is -2.12. The molecule has 0 bridgehead atoms. The van der Waals surface area contributed by atoms with E-state index in [0.29, 0.717) is 12.3 Å². The van der Waals surface area contributed by atoms with Crippen molar-refractivity contribution >= 4 is 5.71 Å². The summed E-state index contributed by atoms with van der Waals surface area (Å²) in [5.74, 6) is 0.847.